The summed E-state index contributed by atoms with van der Waals surface area (Å²) in [6, 6.07) is 0. The van der Waals surface area contributed by atoms with E-state index in [1.54, 1.807) is 0 Å². The molecule has 0 aromatic carbocycles. The maximum absolute atomic E-state index is 10.3. The molecule has 0 saturated carbocycles. The van der Waals surface area contributed by atoms with Crippen LogP contribution in [0.5, 0.6) is 0 Å². The molecule has 128 valence electrons. The molecule has 0 heterocycles. The predicted octanol–water partition coefficient (Wildman–Crippen LogP) is 5.14. The minimum Gasteiger partial charge on any atom is -0.264 e. The van der Waals surface area contributed by atoms with Crippen LogP contribution in [-0.2, 0) is 14.6 Å². The van der Waals surface area contributed by atoms with Crippen molar-refractivity contribution in [3.8, 4) is 0 Å². The Labute approximate surface area is 131 Å². The van der Waals surface area contributed by atoms with E-state index in [4.69, 9.17) is 4.55 Å². The molecule has 0 radical (unpaired) electrons. The monoisotopic (exact) mass is 322 g/mol. The zero-order valence-corrected chi connectivity index (χ0v) is 14.7. The van der Waals surface area contributed by atoms with Gasteiger partial charge in [-0.2, -0.15) is 8.42 Å². The second kappa shape index (κ2) is 13.5. The first-order valence-electron chi connectivity index (χ1n) is 8.61. The van der Waals surface area contributed by atoms with Gasteiger partial charge in [0.2, 0.25) is 0 Å². The highest BCUT2D eigenvalue weighted by atomic mass is 32.3. The van der Waals surface area contributed by atoms with Crippen LogP contribution in [0.4, 0.5) is 0 Å². The van der Waals surface area contributed by atoms with Crippen molar-refractivity contribution < 1.29 is 17.2 Å². The summed E-state index contributed by atoms with van der Waals surface area (Å²) in [6.45, 7) is 4.65. The van der Waals surface area contributed by atoms with Gasteiger partial charge < -0.3 is 0 Å². The van der Waals surface area contributed by atoms with Crippen molar-refractivity contribution >= 4 is 10.4 Å². The Hall–Kier alpha value is -0.130. The zero-order chi connectivity index (χ0) is 16.0. The summed E-state index contributed by atoms with van der Waals surface area (Å²) in [4.78, 5) is 0. The Balaban J connectivity index is 3.28. The van der Waals surface area contributed by atoms with E-state index < -0.39 is 10.4 Å². The molecule has 5 heteroatoms. The molecule has 0 aromatic heterocycles. The lowest BCUT2D eigenvalue weighted by molar-refractivity contribution is 0.261. The van der Waals surface area contributed by atoms with Crippen molar-refractivity contribution in [3.63, 3.8) is 0 Å². The molecule has 1 unspecified atom stereocenters. The van der Waals surface area contributed by atoms with Crippen LogP contribution < -0.4 is 0 Å². The van der Waals surface area contributed by atoms with Crippen LogP contribution in [-0.4, -0.2) is 19.6 Å². The summed E-state index contributed by atoms with van der Waals surface area (Å²) in [5.74, 6) is 0.919. The van der Waals surface area contributed by atoms with Gasteiger partial charge in [-0.05, 0) is 12.3 Å². The van der Waals surface area contributed by atoms with Crippen LogP contribution in [0.25, 0.3) is 0 Å². The Morgan fingerprint density at radius 3 is 1.90 bits per heavy atom. The van der Waals surface area contributed by atoms with Crippen LogP contribution in [0.1, 0.15) is 90.9 Å². The highest BCUT2D eigenvalue weighted by Gasteiger charge is 2.05. The van der Waals surface area contributed by atoms with Gasteiger partial charge in [0.1, 0.15) is 0 Å². The van der Waals surface area contributed by atoms with E-state index in [0.717, 1.165) is 18.8 Å². The minimum atomic E-state index is -4.25. The molecule has 0 bridgehead atoms. The van der Waals surface area contributed by atoms with Crippen molar-refractivity contribution in [2.24, 2.45) is 5.92 Å². The maximum Gasteiger partial charge on any atom is 0.397 e. The highest BCUT2D eigenvalue weighted by molar-refractivity contribution is 7.80. The fourth-order valence-electron chi connectivity index (χ4n) is 2.63. The van der Waals surface area contributed by atoms with Crippen LogP contribution in [0, 0.1) is 5.92 Å². The van der Waals surface area contributed by atoms with Gasteiger partial charge in [0.05, 0.1) is 6.61 Å². The molecule has 0 aliphatic rings. The van der Waals surface area contributed by atoms with Crippen LogP contribution in [0.15, 0.2) is 0 Å². The molecule has 0 amide bonds. The summed E-state index contributed by atoms with van der Waals surface area (Å²) in [5.41, 5.74) is 0. The topological polar surface area (TPSA) is 63.6 Å². The highest BCUT2D eigenvalue weighted by Crippen LogP contribution is 2.20. The van der Waals surface area contributed by atoms with Crippen LogP contribution in [0.2, 0.25) is 0 Å². The lowest BCUT2D eigenvalue weighted by Gasteiger charge is -2.13. The lowest BCUT2D eigenvalue weighted by atomic mass is 9.93. The molecular weight excluding hydrogens is 288 g/mol. The molecule has 0 saturated heterocycles. The fourth-order valence-corrected chi connectivity index (χ4v) is 2.96. The molecule has 1 atom stereocenters. The fraction of sp³-hybridized carbons (Fsp3) is 1.00. The average Bonchev–Trinajstić information content (AvgIpc) is 2.43. The first-order valence-corrected chi connectivity index (χ1v) is 9.98. The summed E-state index contributed by atoms with van der Waals surface area (Å²) in [6.07, 6.45) is 14.6. The molecule has 0 fully saturated rings. The average molecular weight is 323 g/mol. The number of hydrogen-bond donors (Lipinski definition) is 1. The van der Waals surface area contributed by atoms with E-state index in [9.17, 15) is 8.42 Å². The summed E-state index contributed by atoms with van der Waals surface area (Å²) in [7, 11) is -4.25. The SMILES string of the molecule is CCCCC(CC)CCCCCCCCCOS(=O)(=O)O. The van der Waals surface area contributed by atoms with Crippen LogP contribution in [0.3, 0.4) is 0 Å². The largest absolute Gasteiger partial charge is 0.397 e. The Morgan fingerprint density at radius 2 is 1.38 bits per heavy atom. The Kier molecular flexibility index (Phi) is 13.4. The van der Waals surface area contributed by atoms with E-state index in [0.29, 0.717) is 6.42 Å². The van der Waals surface area contributed by atoms with Gasteiger partial charge in [-0.3, -0.25) is 4.55 Å². The Morgan fingerprint density at radius 1 is 0.857 bits per heavy atom. The standard InChI is InChI=1S/C16H34O4S/c1-3-5-13-16(4-2)14-11-9-7-6-8-10-12-15-20-21(17,18)19/h16H,3-15H2,1-2H3,(H,17,18,19). The van der Waals surface area contributed by atoms with Gasteiger partial charge >= 0.3 is 10.4 Å². The maximum atomic E-state index is 10.3. The van der Waals surface area contributed by atoms with Crippen molar-refractivity contribution in [1.29, 1.82) is 0 Å². The molecule has 4 nitrogen and oxygen atoms in total. The summed E-state index contributed by atoms with van der Waals surface area (Å²) < 4.78 is 33.3. The molecular formula is C16H34O4S. The van der Waals surface area contributed by atoms with E-state index >= 15 is 0 Å². The van der Waals surface area contributed by atoms with E-state index in [-0.39, 0.29) is 6.61 Å². The zero-order valence-electron chi connectivity index (χ0n) is 13.8. The van der Waals surface area contributed by atoms with Gasteiger partial charge in [-0.15, -0.1) is 0 Å². The van der Waals surface area contributed by atoms with E-state index in [1.807, 2.05) is 0 Å². The quantitative estimate of drug-likeness (QED) is 0.335. The smallest absolute Gasteiger partial charge is 0.264 e. The summed E-state index contributed by atoms with van der Waals surface area (Å²) >= 11 is 0. The number of rotatable bonds is 15. The third kappa shape index (κ3) is 16.1. The molecule has 0 aromatic rings. The second-order valence-electron chi connectivity index (χ2n) is 5.93. The molecule has 0 rings (SSSR count). The van der Waals surface area contributed by atoms with E-state index in [2.05, 4.69) is 18.0 Å². The summed E-state index contributed by atoms with van der Waals surface area (Å²) in [5, 5.41) is 0. The Bertz CT molecular complexity index is 314. The molecule has 1 N–H and O–H groups in total. The second-order valence-corrected chi connectivity index (χ2v) is 7.02. The number of hydrogen-bond acceptors (Lipinski definition) is 3. The molecule has 0 aliphatic heterocycles. The van der Waals surface area contributed by atoms with Gasteiger partial charge in [0.25, 0.3) is 0 Å². The van der Waals surface area contributed by atoms with Crippen LogP contribution >= 0.6 is 0 Å². The molecule has 0 spiro atoms. The first kappa shape index (κ1) is 20.9. The minimum absolute atomic E-state index is 0.0917. The molecule has 21 heavy (non-hydrogen) atoms. The predicted molar refractivity (Wildman–Crippen MR) is 87.7 cm³/mol. The van der Waals surface area contributed by atoms with Gasteiger partial charge in [-0.1, -0.05) is 84.5 Å². The third-order valence-corrected chi connectivity index (χ3v) is 4.50. The van der Waals surface area contributed by atoms with Gasteiger partial charge in [0.15, 0.2) is 0 Å². The third-order valence-electron chi connectivity index (χ3n) is 4.03. The number of unbranched alkanes of at least 4 members (excludes halogenated alkanes) is 7. The van der Waals surface area contributed by atoms with Crippen molar-refractivity contribution in [1.82, 2.24) is 0 Å². The first-order chi connectivity index (χ1) is 9.99. The lowest BCUT2D eigenvalue weighted by Crippen LogP contribution is -2.04. The normalized spacial score (nSPS) is 13.5. The van der Waals surface area contributed by atoms with Gasteiger partial charge in [-0.25, -0.2) is 4.18 Å². The molecule has 0 aliphatic carbocycles. The van der Waals surface area contributed by atoms with Gasteiger partial charge in [0, 0.05) is 0 Å². The van der Waals surface area contributed by atoms with E-state index in [1.165, 1.54) is 57.8 Å². The van der Waals surface area contributed by atoms with Crippen molar-refractivity contribution in [3.05, 3.63) is 0 Å². The van der Waals surface area contributed by atoms with Crippen molar-refractivity contribution in [2.45, 2.75) is 90.9 Å². The van der Waals surface area contributed by atoms with Crippen molar-refractivity contribution in [2.75, 3.05) is 6.61 Å².